The minimum Gasteiger partial charge on any atom is -0.497 e. The number of fused-ring (bicyclic) bond motifs is 3. The molecule has 2 atom stereocenters. The van der Waals surface area contributed by atoms with Crippen molar-refractivity contribution in [3.63, 3.8) is 0 Å². The lowest BCUT2D eigenvalue weighted by molar-refractivity contribution is 0.0556. The van der Waals surface area contributed by atoms with E-state index in [4.69, 9.17) is 4.74 Å². The highest BCUT2D eigenvalue weighted by Gasteiger charge is 2.44. The van der Waals surface area contributed by atoms with Crippen LogP contribution in [0.15, 0.2) is 66.9 Å². The van der Waals surface area contributed by atoms with Crippen molar-refractivity contribution in [1.29, 1.82) is 0 Å². The second kappa shape index (κ2) is 7.61. The van der Waals surface area contributed by atoms with Gasteiger partial charge in [0, 0.05) is 32.4 Å². The molecular weight excluding hydrogens is 381 g/mol. The summed E-state index contributed by atoms with van der Waals surface area (Å²) in [6.45, 7) is 2.96. The Balaban J connectivity index is 1.40. The van der Waals surface area contributed by atoms with Crippen molar-refractivity contribution >= 4 is 5.91 Å². The number of benzene rings is 2. The molecule has 0 aliphatic carbocycles. The normalized spacial score (nSPS) is 20.9. The van der Waals surface area contributed by atoms with Gasteiger partial charge >= 0.3 is 0 Å². The third kappa shape index (κ3) is 3.37. The highest BCUT2D eigenvalue weighted by Crippen LogP contribution is 2.35. The van der Waals surface area contributed by atoms with E-state index in [0.717, 1.165) is 42.2 Å². The van der Waals surface area contributed by atoms with Crippen LogP contribution in [-0.4, -0.2) is 46.5 Å². The molecule has 0 bridgehead atoms. The lowest BCUT2D eigenvalue weighted by Crippen LogP contribution is -2.49. The van der Waals surface area contributed by atoms with Crippen LogP contribution in [0.2, 0.25) is 0 Å². The first kappa shape index (κ1) is 18.9. The topological polar surface area (TPSA) is 37.7 Å². The lowest BCUT2D eigenvalue weighted by atomic mass is 10.0. The number of likely N-dealkylation sites (tertiary alicyclic amines) is 1. The number of hydrogen-bond donors (Lipinski definition) is 0. The largest absolute Gasteiger partial charge is 0.497 e. The molecular formula is C24H24FN3O2. The number of hydrogen-bond acceptors (Lipinski definition) is 3. The standard InChI is InChI=1S/C24H24FN3O2/c1-30-20-10-6-18(7-11-20)14-28-23-16-26(13-17-4-8-19(25)9-5-17)15-22(23)27-12-2-3-21(27)24(28)29/h2-12,22-23H,13-16H2,1H3/t22-,23+/m0/s1. The van der Waals surface area contributed by atoms with Crippen LogP contribution in [0.5, 0.6) is 5.75 Å². The number of amides is 1. The zero-order valence-electron chi connectivity index (χ0n) is 16.9. The van der Waals surface area contributed by atoms with Gasteiger partial charge in [0.05, 0.1) is 19.2 Å². The van der Waals surface area contributed by atoms with Crippen LogP contribution in [-0.2, 0) is 13.1 Å². The molecule has 2 aliphatic rings. The van der Waals surface area contributed by atoms with Crippen LogP contribution in [0.25, 0.3) is 0 Å². The fraction of sp³-hybridized carbons (Fsp3) is 0.292. The third-order valence-corrected chi connectivity index (χ3v) is 6.18. The van der Waals surface area contributed by atoms with E-state index in [1.807, 2.05) is 59.6 Å². The monoisotopic (exact) mass is 405 g/mol. The second-order valence-corrected chi connectivity index (χ2v) is 8.04. The van der Waals surface area contributed by atoms with Gasteiger partial charge in [0.1, 0.15) is 17.3 Å². The van der Waals surface area contributed by atoms with Crippen molar-refractivity contribution in [2.24, 2.45) is 0 Å². The van der Waals surface area contributed by atoms with Crippen molar-refractivity contribution in [1.82, 2.24) is 14.4 Å². The van der Waals surface area contributed by atoms with Crippen molar-refractivity contribution < 1.29 is 13.9 Å². The van der Waals surface area contributed by atoms with Gasteiger partial charge in [-0.15, -0.1) is 0 Å². The van der Waals surface area contributed by atoms with Gasteiger partial charge in [-0.25, -0.2) is 4.39 Å². The first-order chi connectivity index (χ1) is 14.6. The molecule has 0 N–H and O–H groups in total. The molecule has 3 heterocycles. The Morgan fingerprint density at radius 2 is 1.60 bits per heavy atom. The highest BCUT2D eigenvalue weighted by atomic mass is 19.1. The number of methoxy groups -OCH3 is 1. The van der Waals surface area contributed by atoms with E-state index in [9.17, 15) is 9.18 Å². The molecule has 6 heteroatoms. The number of carbonyl (C=O) groups is 1. The quantitative estimate of drug-likeness (QED) is 0.649. The number of rotatable bonds is 5. The Bertz CT molecular complexity index is 1050. The van der Waals surface area contributed by atoms with E-state index in [2.05, 4.69) is 9.47 Å². The molecule has 154 valence electrons. The van der Waals surface area contributed by atoms with E-state index >= 15 is 0 Å². The van der Waals surface area contributed by atoms with E-state index in [0.29, 0.717) is 6.54 Å². The van der Waals surface area contributed by atoms with Gasteiger partial charge in [0.15, 0.2) is 0 Å². The van der Waals surface area contributed by atoms with Gasteiger partial charge in [-0.05, 0) is 47.5 Å². The number of aromatic nitrogens is 1. The van der Waals surface area contributed by atoms with Crippen LogP contribution >= 0.6 is 0 Å². The van der Waals surface area contributed by atoms with Gasteiger partial charge in [-0.3, -0.25) is 9.69 Å². The predicted octanol–water partition coefficient (Wildman–Crippen LogP) is 3.72. The summed E-state index contributed by atoms with van der Waals surface area (Å²) >= 11 is 0. The summed E-state index contributed by atoms with van der Waals surface area (Å²) in [5.74, 6) is 0.657. The average molecular weight is 405 g/mol. The van der Waals surface area contributed by atoms with Crippen molar-refractivity contribution in [2.45, 2.75) is 25.2 Å². The van der Waals surface area contributed by atoms with E-state index in [1.54, 1.807) is 7.11 Å². The molecule has 5 rings (SSSR count). The van der Waals surface area contributed by atoms with Crippen LogP contribution < -0.4 is 4.74 Å². The molecule has 5 nitrogen and oxygen atoms in total. The maximum Gasteiger partial charge on any atom is 0.271 e. The first-order valence-corrected chi connectivity index (χ1v) is 10.2. The van der Waals surface area contributed by atoms with E-state index in [1.165, 1.54) is 12.1 Å². The molecule has 30 heavy (non-hydrogen) atoms. The molecule has 0 spiro atoms. The fourth-order valence-corrected chi connectivity index (χ4v) is 4.68. The van der Waals surface area contributed by atoms with Gasteiger partial charge in [-0.1, -0.05) is 24.3 Å². The number of halogens is 1. The smallest absolute Gasteiger partial charge is 0.271 e. The summed E-state index contributed by atoms with van der Waals surface area (Å²) in [5, 5.41) is 0. The lowest BCUT2D eigenvalue weighted by Gasteiger charge is -2.38. The Hall–Kier alpha value is -3.12. The van der Waals surface area contributed by atoms with Crippen LogP contribution in [0, 0.1) is 5.82 Å². The van der Waals surface area contributed by atoms with Crippen molar-refractivity contribution in [3.8, 4) is 5.75 Å². The summed E-state index contributed by atoms with van der Waals surface area (Å²) in [7, 11) is 1.65. The molecule has 2 aromatic carbocycles. The SMILES string of the molecule is COc1ccc(CN2C(=O)c3cccn3[C@H]3CN(Cc4ccc(F)cc4)C[C@H]32)cc1. The van der Waals surface area contributed by atoms with Crippen LogP contribution in [0.4, 0.5) is 4.39 Å². The zero-order valence-corrected chi connectivity index (χ0v) is 16.9. The summed E-state index contributed by atoms with van der Waals surface area (Å²) < 4.78 is 20.6. The van der Waals surface area contributed by atoms with Gasteiger partial charge < -0.3 is 14.2 Å². The molecule has 0 radical (unpaired) electrons. The number of ether oxygens (including phenoxy) is 1. The molecule has 0 unspecified atom stereocenters. The number of nitrogens with zero attached hydrogens (tertiary/aromatic N) is 3. The molecule has 2 aliphatic heterocycles. The van der Waals surface area contributed by atoms with Gasteiger partial charge in [0.2, 0.25) is 0 Å². The molecule has 0 saturated carbocycles. The fourth-order valence-electron chi connectivity index (χ4n) is 4.68. The second-order valence-electron chi connectivity index (χ2n) is 8.04. The zero-order chi connectivity index (χ0) is 20.7. The Kier molecular flexibility index (Phi) is 4.79. The highest BCUT2D eigenvalue weighted by molar-refractivity contribution is 5.94. The summed E-state index contributed by atoms with van der Waals surface area (Å²) in [4.78, 5) is 17.6. The molecule has 1 aromatic heterocycles. The molecule has 1 amide bonds. The first-order valence-electron chi connectivity index (χ1n) is 10.2. The summed E-state index contributed by atoms with van der Waals surface area (Å²) in [5.41, 5.74) is 2.91. The Labute approximate surface area is 175 Å². The Morgan fingerprint density at radius 1 is 0.933 bits per heavy atom. The summed E-state index contributed by atoms with van der Waals surface area (Å²) in [6.07, 6.45) is 2.01. The summed E-state index contributed by atoms with van der Waals surface area (Å²) in [6, 6.07) is 18.7. The van der Waals surface area contributed by atoms with Gasteiger partial charge in [0.25, 0.3) is 5.91 Å². The van der Waals surface area contributed by atoms with E-state index in [-0.39, 0.29) is 23.8 Å². The third-order valence-electron chi connectivity index (χ3n) is 6.18. The molecule has 1 fully saturated rings. The molecule has 1 saturated heterocycles. The van der Waals surface area contributed by atoms with Gasteiger partial charge in [-0.2, -0.15) is 0 Å². The number of carbonyl (C=O) groups excluding carboxylic acids is 1. The minimum atomic E-state index is -0.220. The average Bonchev–Trinajstić information content (AvgIpc) is 3.40. The van der Waals surface area contributed by atoms with E-state index < -0.39 is 0 Å². The maximum absolute atomic E-state index is 13.3. The van der Waals surface area contributed by atoms with Crippen molar-refractivity contribution in [2.75, 3.05) is 20.2 Å². The van der Waals surface area contributed by atoms with Crippen LogP contribution in [0.1, 0.15) is 27.7 Å². The van der Waals surface area contributed by atoms with Crippen LogP contribution in [0.3, 0.4) is 0 Å². The molecule has 3 aromatic rings. The Morgan fingerprint density at radius 3 is 2.33 bits per heavy atom. The van der Waals surface area contributed by atoms with Crippen molar-refractivity contribution in [3.05, 3.63) is 89.5 Å². The maximum atomic E-state index is 13.3. The predicted molar refractivity (Wildman–Crippen MR) is 112 cm³/mol. The minimum absolute atomic E-state index is 0.0701.